The van der Waals surface area contributed by atoms with E-state index in [1.807, 2.05) is 12.1 Å². The Hall–Kier alpha value is -3.17. The summed E-state index contributed by atoms with van der Waals surface area (Å²) in [6.07, 6.45) is -2.00. The zero-order chi connectivity index (χ0) is 24.0. The number of benzene rings is 1. The maximum Gasteiger partial charge on any atom is 0.417 e. The van der Waals surface area contributed by atoms with Gasteiger partial charge in [0.2, 0.25) is 0 Å². The molecule has 0 saturated heterocycles. The smallest absolute Gasteiger partial charge is 0.417 e. The Kier molecular flexibility index (Phi) is 7.88. The zero-order valence-corrected chi connectivity index (χ0v) is 18.8. The van der Waals surface area contributed by atoms with E-state index in [1.165, 1.54) is 17.0 Å². The zero-order valence-electron chi connectivity index (χ0n) is 17.2. The number of nitrogens with one attached hydrogen (secondary N) is 1. The van der Waals surface area contributed by atoms with Crippen LogP contribution in [0.15, 0.2) is 75.1 Å². The molecule has 10 heteroatoms. The fraction of sp³-hybridized carbons (Fsp3) is 0.174. The van der Waals surface area contributed by atoms with E-state index in [0.29, 0.717) is 5.76 Å². The van der Waals surface area contributed by atoms with E-state index in [1.54, 1.807) is 30.6 Å². The van der Waals surface area contributed by atoms with E-state index < -0.39 is 28.8 Å². The Morgan fingerprint density at radius 2 is 1.97 bits per heavy atom. The highest BCUT2D eigenvalue weighted by Gasteiger charge is 2.34. The Bertz CT molecular complexity index is 1140. The maximum atomic E-state index is 12.8. The molecule has 3 aromatic heterocycles. The minimum Gasteiger partial charge on any atom is -0.479 e. The van der Waals surface area contributed by atoms with Crippen LogP contribution < -0.4 is 5.32 Å². The van der Waals surface area contributed by atoms with Crippen molar-refractivity contribution < 1.29 is 31.9 Å². The fourth-order valence-electron chi connectivity index (χ4n) is 2.86. The van der Waals surface area contributed by atoms with Crippen LogP contribution in [-0.2, 0) is 17.4 Å². The molecule has 0 aliphatic carbocycles. The van der Waals surface area contributed by atoms with E-state index in [9.17, 15) is 23.1 Å². The summed E-state index contributed by atoms with van der Waals surface area (Å²) in [6, 6.07) is 12.9. The molecule has 2 N–H and O–H groups in total. The first-order valence-corrected chi connectivity index (χ1v) is 10.9. The Morgan fingerprint density at radius 3 is 2.52 bits per heavy atom. The molecule has 5 nitrogen and oxygen atoms in total. The molecule has 1 unspecified atom stereocenters. The molecule has 0 saturated carbocycles. The predicted octanol–water partition coefficient (Wildman–Crippen LogP) is 7.43. The Morgan fingerprint density at radius 1 is 1.18 bits per heavy atom. The summed E-state index contributed by atoms with van der Waals surface area (Å²) < 4.78 is 48.8. The molecule has 174 valence electrons. The van der Waals surface area contributed by atoms with Gasteiger partial charge in [-0.05, 0) is 60.8 Å². The number of hydrogen-bond acceptors (Lipinski definition) is 5. The van der Waals surface area contributed by atoms with Crippen LogP contribution in [0.4, 0.5) is 18.9 Å². The van der Waals surface area contributed by atoms with Crippen molar-refractivity contribution in [2.75, 3.05) is 5.32 Å². The van der Waals surface area contributed by atoms with Crippen LogP contribution in [0.5, 0.6) is 0 Å². The largest absolute Gasteiger partial charge is 0.479 e. The number of anilines is 1. The number of aliphatic carboxylic acids is 1. The number of carboxylic acid groups (broad SMARTS) is 1. The first kappa shape index (κ1) is 24.5. The van der Waals surface area contributed by atoms with Gasteiger partial charge in [0, 0.05) is 17.0 Å². The average Bonchev–Trinajstić information content (AvgIpc) is 3.51. The SMILES string of the molecule is Cc1ccc(C(Nc2ccc(Cl)c(C(F)(F)F)c2)C(=O)O)o1.c1coc(Cc2cccs2)c1. The minimum absolute atomic E-state index is 0.0295. The van der Waals surface area contributed by atoms with Crippen LogP contribution in [-0.4, -0.2) is 11.1 Å². The third-order valence-electron chi connectivity index (χ3n) is 4.38. The lowest BCUT2D eigenvalue weighted by Crippen LogP contribution is -2.20. The minimum atomic E-state index is -4.63. The van der Waals surface area contributed by atoms with Gasteiger partial charge in [-0.15, -0.1) is 11.3 Å². The van der Waals surface area contributed by atoms with E-state index >= 15 is 0 Å². The van der Waals surface area contributed by atoms with Crippen molar-refractivity contribution in [3.8, 4) is 0 Å². The van der Waals surface area contributed by atoms with Crippen LogP contribution in [0.1, 0.15) is 33.8 Å². The summed E-state index contributed by atoms with van der Waals surface area (Å²) in [5.41, 5.74) is -1.07. The summed E-state index contributed by atoms with van der Waals surface area (Å²) in [5.74, 6) is 0.342. The fourth-order valence-corrected chi connectivity index (χ4v) is 3.80. The highest BCUT2D eigenvalue weighted by molar-refractivity contribution is 7.09. The molecule has 4 rings (SSSR count). The Balaban J connectivity index is 0.000000231. The van der Waals surface area contributed by atoms with Crippen LogP contribution in [0.25, 0.3) is 0 Å². The summed E-state index contributed by atoms with van der Waals surface area (Å²) in [7, 11) is 0. The van der Waals surface area contributed by atoms with Gasteiger partial charge in [-0.25, -0.2) is 4.79 Å². The summed E-state index contributed by atoms with van der Waals surface area (Å²) in [5, 5.41) is 13.3. The average molecular weight is 498 g/mol. The van der Waals surface area contributed by atoms with Crippen LogP contribution in [0.3, 0.4) is 0 Å². The topological polar surface area (TPSA) is 75.6 Å². The van der Waals surface area contributed by atoms with Crippen molar-refractivity contribution in [1.29, 1.82) is 0 Å². The van der Waals surface area contributed by atoms with Gasteiger partial charge in [-0.2, -0.15) is 13.2 Å². The van der Waals surface area contributed by atoms with Crippen molar-refractivity contribution in [2.24, 2.45) is 0 Å². The molecule has 0 fully saturated rings. The van der Waals surface area contributed by atoms with Gasteiger partial charge in [-0.3, -0.25) is 0 Å². The molecule has 0 radical (unpaired) electrons. The second-order valence-corrected chi connectivity index (χ2v) is 8.33. The highest BCUT2D eigenvalue weighted by atomic mass is 35.5. The molecule has 0 aliphatic heterocycles. The van der Waals surface area contributed by atoms with Crippen LogP contribution in [0.2, 0.25) is 5.02 Å². The molecule has 0 bridgehead atoms. The van der Waals surface area contributed by atoms with Gasteiger partial charge in [0.25, 0.3) is 0 Å². The normalized spacial score (nSPS) is 12.0. The van der Waals surface area contributed by atoms with Crippen LogP contribution >= 0.6 is 22.9 Å². The summed E-state index contributed by atoms with van der Waals surface area (Å²) in [4.78, 5) is 12.6. The summed E-state index contributed by atoms with van der Waals surface area (Å²) >= 11 is 7.28. The van der Waals surface area contributed by atoms with Crippen LogP contribution in [0, 0.1) is 6.92 Å². The van der Waals surface area contributed by atoms with Gasteiger partial charge >= 0.3 is 12.1 Å². The molecule has 0 amide bonds. The van der Waals surface area contributed by atoms with Crippen molar-refractivity contribution in [3.05, 3.63) is 99.0 Å². The van der Waals surface area contributed by atoms with Gasteiger partial charge in [0.05, 0.1) is 16.8 Å². The maximum absolute atomic E-state index is 12.8. The van der Waals surface area contributed by atoms with E-state index in [0.717, 1.165) is 24.3 Å². The molecule has 0 aliphatic rings. The molecule has 33 heavy (non-hydrogen) atoms. The predicted molar refractivity (Wildman–Crippen MR) is 120 cm³/mol. The quantitative estimate of drug-likeness (QED) is 0.289. The number of rotatable bonds is 6. The molecular weight excluding hydrogens is 479 g/mol. The van der Waals surface area contributed by atoms with E-state index in [4.69, 9.17) is 20.4 Å². The summed E-state index contributed by atoms with van der Waals surface area (Å²) in [6.45, 7) is 1.63. The number of carbonyl (C=O) groups is 1. The number of hydrogen-bond donors (Lipinski definition) is 2. The third kappa shape index (κ3) is 6.90. The second kappa shape index (κ2) is 10.6. The third-order valence-corrected chi connectivity index (χ3v) is 5.59. The molecule has 1 aromatic carbocycles. The van der Waals surface area contributed by atoms with Crippen molar-refractivity contribution in [1.82, 2.24) is 0 Å². The number of thiophene rings is 1. The van der Waals surface area contributed by atoms with Gasteiger partial charge in [0.1, 0.15) is 17.3 Å². The van der Waals surface area contributed by atoms with Gasteiger partial charge in [0.15, 0.2) is 6.04 Å². The molecule has 4 aromatic rings. The van der Waals surface area contributed by atoms with E-state index in [2.05, 4.69) is 22.8 Å². The Labute approximate surface area is 196 Å². The molecule has 3 heterocycles. The van der Waals surface area contributed by atoms with Crippen molar-refractivity contribution in [3.63, 3.8) is 0 Å². The lowest BCUT2D eigenvalue weighted by molar-refractivity contribution is -0.138. The van der Waals surface area contributed by atoms with Gasteiger partial charge in [-0.1, -0.05) is 17.7 Å². The molecular formula is C23H19ClF3NO4S. The van der Waals surface area contributed by atoms with Crippen molar-refractivity contribution in [2.45, 2.75) is 25.6 Å². The molecule has 0 spiro atoms. The highest BCUT2D eigenvalue weighted by Crippen LogP contribution is 2.37. The number of alkyl halides is 3. The monoisotopic (exact) mass is 497 g/mol. The lowest BCUT2D eigenvalue weighted by Gasteiger charge is -2.16. The first-order chi connectivity index (χ1) is 15.6. The first-order valence-electron chi connectivity index (χ1n) is 9.60. The number of aryl methyl sites for hydroxylation is 1. The van der Waals surface area contributed by atoms with E-state index in [-0.39, 0.29) is 11.4 Å². The lowest BCUT2D eigenvalue weighted by atomic mass is 10.1. The second-order valence-electron chi connectivity index (χ2n) is 6.89. The molecule has 1 atom stereocenters. The number of halogens is 4. The standard InChI is InChI=1S/C14H11ClF3NO3.C9H8OS/c1-7-2-5-11(22-7)12(13(20)21)19-8-3-4-10(15)9(6-8)14(16,17)18;1-3-8(10-5-1)7-9-4-2-6-11-9/h2-6,12,19H,1H3,(H,20,21);1-6H,7H2. The number of furan rings is 2. The number of carboxylic acids is 1. The van der Waals surface area contributed by atoms with Crippen molar-refractivity contribution >= 4 is 34.6 Å². The van der Waals surface area contributed by atoms with Gasteiger partial charge < -0.3 is 19.3 Å².